The molecule has 1 aliphatic heterocycles. The second-order valence-electron chi connectivity index (χ2n) is 3.18. The van der Waals surface area contributed by atoms with Crippen molar-refractivity contribution >= 4 is 17.4 Å². The second-order valence-corrected chi connectivity index (χ2v) is 3.36. The Morgan fingerprint density at radius 2 is 2.00 bits per heavy atom. The molecule has 0 aromatic heterocycles. The van der Waals surface area contributed by atoms with Crippen LogP contribution in [0.4, 0.5) is 0 Å². The van der Waals surface area contributed by atoms with Crippen LogP contribution in [0.15, 0.2) is 4.99 Å². The number of aliphatic hydroxyl groups excluding tert-OH is 3. The molecule has 1 aliphatic rings. The molecule has 15 heavy (non-hydrogen) atoms. The van der Waals surface area contributed by atoms with Gasteiger partial charge in [0.25, 0.3) is 0 Å². The first-order valence-electron chi connectivity index (χ1n) is 4.38. The minimum absolute atomic E-state index is 0.0638. The molecule has 0 bridgehead atoms. The van der Waals surface area contributed by atoms with Gasteiger partial charge in [-0.05, 0) is 12.2 Å². The molecule has 1 fully saturated rings. The Hall–Kier alpha value is -0.400. The summed E-state index contributed by atoms with van der Waals surface area (Å²) >= 11 is 4.37. The number of aliphatic imine (C=N–C) groups is 1. The maximum atomic E-state index is 9.54. The Balaban J connectivity index is 2.69. The van der Waals surface area contributed by atoms with E-state index in [-0.39, 0.29) is 6.54 Å². The Kier molecular flexibility index (Phi) is 4.75. The van der Waals surface area contributed by atoms with E-state index in [0.29, 0.717) is 0 Å². The highest BCUT2D eigenvalue weighted by molar-refractivity contribution is 7.78. The Bertz CT molecular complexity index is 255. The van der Waals surface area contributed by atoms with Gasteiger partial charge in [-0.25, -0.2) is 4.99 Å². The molecule has 7 heteroatoms. The molecule has 1 saturated heterocycles. The van der Waals surface area contributed by atoms with Crippen LogP contribution < -0.4 is 0 Å². The van der Waals surface area contributed by atoms with Crippen molar-refractivity contribution in [1.29, 1.82) is 0 Å². The summed E-state index contributed by atoms with van der Waals surface area (Å²) in [5, 5.41) is 30.6. The summed E-state index contributed by atoms with van der Waals surface area (Å²) in [6.45, 7) is 0.0638. The molecular weight excluding hydrogens is 222 g/mol. The first-order valence-corrected chi connectivity index (χ1v) is 4.78. The van der Waals surface area contributed by atoms with E-state index in [1.54, 1.807) is 0 Å². The fourth-order valence-electron chi connectivity index (χ4n) is 1.39. The third kappa shape index (κ3) is 2.79. The summed E-state index contributed by atoms with van der Waals surface area (Å²) < 4.78 is 9.97. The molecule has 86 valence electrons. The number of hydrogen-bond acceptors (Lipinski definition) is 7. The number of hydrogen-bond donors (Lipinski definition) is 3. The molecule has 5 atom stereocenters. The number of methoxy groups -OCH3 is 1. The Morgan fingerprint density at radius 3 is 2.53 bits per heavy atom. The van der Waals surface area contributed by atoms with Gasteiger partial charge in [0, 0.05) is 7.11 Å². The molecule has 0 amide bonds. The van der Waals surface area contributed by atoms with Crippen molar-refractivity contribution in [2.75, 3.05) is 13.7 Å². The highest BCUT2D eigenvalue weighted by Crippen LogP contribution is 2.21. The van der Waals surface area contributed by atoms with Crippen LogP contribution in [-0.2, 0) is 9.47 Å². The largest absolute Gasteiger partial charge is 0.388 e. The summed E-state index contributed by atoms with van der Waals surface area (Å²) in [5.41, 5.74) is 0. The lowest BCUT2D eigenvalue weighted by Crippen LogP contribution is -2.58. The van der Waals surface area contributed by atoms with E-state index in [9.17, 15) is 15.3 Å². The van der Waals surface area contributed by atoms with Gasteiger partial charge in [-0.1, -0.05) is 0 Å². The van der Waals surface area contributed by atoms with Crippen molar-refractivity contribution < 1.29 is 24.8 Å². The number of rotatable bonds is 3. The standard InChI is InChI=1S/C8H13NO5S/c1-13-8-7(12)6(11)5(10)4(14-8)2-9-3-15/h4-8,10-12H,2H2,1H3/t4-,5-,6+,7-,8+/m1/s1. The van der Waals surface area contributed by atoms with Crippen molar-refractivity contribution in [3.8, 4) is 0 Å². The van der Waals surface area contributed by atoms with E-state index in [1.807, 2.05) is 0 Å². The molecule has 1 rings (SSSR count). The molecule has 0 aromatic rings. The second kappa shape index (κ2) is 5.62. The predicted molar refractivity (Wildman–Crippen MR) is 53.6 cm³/mol. The van der Waals surface area contributed by atoms with Gasteiger partial charge in [0.15, 0.2) is 6.29 Å². The van der Waals surface area contributed by atoms with Crippen LogP contribution in [0, 0.1) is 0 Å². The Morgan fingerprint density at radius 1 is 1.33 bits per heavy atom. The highest BCUT2D eigenvalue weighted by Gasteiger charge is 2.43. The number of nitrogens with zero attached hydrogens (tertiary/aromatic N) is 1. The zero-order valence-corrected chi connectivity index (χ0v) is 8.92. The number of thiocarbonyl (C=S) groups is 1. The van der Waals surface area contributed by atoms with E-state index in [0.717, 1.165) is 0 Å². The SMILES string of the molecule is CO[C@H]1O[C@H](CN=C=S)[C@@H](O)[C@H](O)[C@H]1O. The molecule has 6 nitrogen and oxygen atoms in total. The minimum Gasteiger partial charge on any atom is -0.388 e. The molecule has 0 radical (unpaired) electrons. The van der Waals surface area contributed by atoms with Gasteiger partial charge >= 0.3 is 0 Å². The molecule has 0 unspecified atom stereocenters. The smallest absolute Gasteiger partial charge is 0.186 e. The topological polar surface area (TPSA) is 91.5 Å². The maximum Gasteiger partial charge on any atom is 0.186 e. The molecule has 0 saturated carbocycles. The maximum absolute atomic E-state index is 9.54. The highest BCUT2D eigenvalue weighted by atomic mass is 32.1. The fourth-order valence-corrected chi connectivity index (χ4v) is 1.46. The van der Waals surface area contributed by atoms with E-state index in [1.165, 1.54) is 7.11 Å². The summed E-state index contributed by atoms with van der Waals surface area (Å²) in [4.78, 5) is 3.61. The zero-order chi connectivity index (χ0) is 11.4. The van der Waals surface area contributed by atoms with Crippen molar-refractivity contribution in [1.82, 2.24) is 0 Å². The van der Waals surface area contributed by atoms with E-state index in [2.05, 4.69) is 22.4 Å². The third-order valence-corrected chi connectivity index (χ3v) is 2.37. The molecule has 1 heterocycles. The van der Waals surface area contributed by atoms with Gasteiger partial charge in [-0.2, -0.15) is 0 Å². The molecule has 0 aromatic carbocycles. The summed E-state index contributed by atoms with van der Waals surface area (Å²) in [7, 11) is 1.33. The number of isothiocyanates is 1. The normalized spacial score (nSPS) is 40.9. The quantitative estimate of drug-likeness (QED) is 0.409. The van der Waals surface area contributed by atoms with Crippen molar-refractivity contribution in [2.45, 2.75) is 30.7 Å². The van der Waals surface area contributed by atoms with Crippen LogP contribution in [-0.4, -0.2) is 64.8 Å². The Labute approximate surface area is 92.2 Å². The summed E-state index contributed by atoms with van der Waals surface area (Å²) in [5.74, 6) is 0. The lowest BCUT2D eigenvalue weighted by molar-refractivity contribution is -0.287. The van der Waals surface area contributed by atoms with Gasteiger partial charge in [0.1, 0.15) is 24.4 Å². The predicted octanol–water partition coefficient (Wildman–Crippen LogP) is -1.46. The first kappa shape index (κ1) is 12.7. The van der Waals surface area contributed by atoms with Crippen LogP contribution in [0.5, 0.6) is 0 Å². The van der Waals surface area contributed by atoms with Crippen LogP contribution in [0.1, 0.15) is 0 Å². The summed E-state index contributed by atoms with van der Waals surface area (Å²) in [6, 6.07) is 0. The van der Waals surface area contributed by atoms with Crippen LogP contribution in [0.3, 0.4) is 0 Å². The third-order valence-electron chi connectivity index (χ3n) is 2.24. The fraction of sp³-hybridized carbons (Fsp3) is 0.875. The van der Waals surface area contributed by atoms with Crippen molar-refractivity contribution in [3.63, 3.8) is 0 Å². The van der Waals surface area contributed by atoms with Crippen molar-refractivity contribution in [3.05, 3.63) is 0 Å². The molecule has 0 spiro atoms. The van der Waals surface area contributed by atoms with Crippen molar-refractivity contribution in [2.24, 2.45) is 4.99 Å². The van der Waals surface area contributed by atoms with Gasteiger partial charge in [0.2, 0.25) is 0 Å². The van der Waals surface area contributed by atoms with Crippen LogP contribution >= 0.6 is 12.2 Å². The number of aliphatic hydroxyl groups is 3. The monoisotopic (exact) mass is 235 g/mol. The molecule has 3 N–H and O–H groups in total. The minimum atomic E-state index is -1.32. The summed E-state index contributed by atoms with van der Waals surface area (Å²) in [6.07, 6.45) is -5.57. The average molecular weight is 235 g/mol. The average Bonchev–Trinajstić information content (AvgIpc) is 2.25. The van der Waals surface area contributed by atoms with Crippen LogP contribution in [0.2, 0.25) is 0 Å². The lowest BCUT2D eigenvalue weighted by Gasteiger charge is -2.39. The van der Waals surface area contributed by atoms with E-state index < -0.39 is 30.7 Å². The van der Waals surface area contributed by atoms with Gasteiger partial charge < -0.3 is 24.8 Å². The van der Waals surface area contributed by atoms with Crippen LogP contribution in [0.25, 0.3) is 0 Å². The number of ether oxygens (including phenoxy) is 2. The molecule has 0 aliphatic carbocycles. The molecular formula is C8H13NO5S. The van der Waals surface area contributed by atoms with Gasteiger partial charge in [0.05, 0.1) is 11.7 Å². The first-order chi connectivity index (χ1) is 7.11. The lowest BCUT2D eigenvalue weighted by atomic mass is 9.99. The van der Waals surface area contributed by atoms with E-state index >= 15 is 0 Å². The van der Waals surface area contributed by atoms with Gasteiger partial charge in [-0.15, -0.1) is 0 Å². The van der Waals surface area contributed by atoms with E-state index in [4.69, 9.17) is 9.47 Å². The van der Waals surface area contributed by atoms with Gasteiger partial charge in [-0.3, -0.25) is 0 Å². The zero-order valence-electron chi connectivity index (χ0n) is 8.11.